The second-order valence-corrected chi connectivity index (χ2v) is 10.5. The molecule has 6 nitrogen and oxygen atoms in total. The Hall–Kier alpha value is -3.68. The summed E-state index contributed by atoms with van der Waals surface area (Å²) in [7, 11) is 0. The van der Waals surface area contributed by atoms with Crippen molar-refractivity contribution in [3.05, 3.63) is 117 Å². The van der Waals surface area contributed by atoms with Crippen molar-refractivity contribution in [2.24, 2.45) is 5.92 Å². The van der Waals surface area contributed by atoms with Crippen LogP contribution in [0.25, 0.3) is 16.9 Å². The van der Waals surface area contributed by atoms with Crippen LogP contribution in [0.4, 0.5) is 5.82 Å². The van der Waals surface area contributed by atoms with Crippen molar-refractivity contribution in [2.45, 2.75) is 26.4 Å². The third-order valence-electron chi connectivity index (χ3n) is 6.34. The van der Waals surface area contributed by atoms with Crippen molar-refractivity contribution in [3.63, 3.8) is 0 Å². The molecule has 2 heterocycles. The van der Waals surface area contributed by atoms with Crippen LogP contribution in [-0.4, -0.2) is 20.5 Å². The van der Waals surface area contributed by atoms with Crippen molar-refractivity contribution < 1.29 is 4.79 Å². The van der Waals surface area contributed by atoms with Gasteiger partial charge in [-0.1, -0.05) is 91.3 Å². The maximum Gasteiger partial charge on any atom is 0.223 e. The first-order valence-electron chi connectivity index (χ1n) is 12.4. The molecule has 1 amide bonds. The van der Waals surface area contributed by atoms with Crippen LogP contribution in [0.15, 0.2) is 95.6 Å². The summed E-state index contributed by atoms with van der Waals surface area (Å²) >= 11 is 10.0. The lowest BCUT2D eigenvalue weighted by Gasteiger charge is -2.14. The molecular weight excluding hydrogens is 562 g/mol. The number of halogens is 2. The van der Waals surface area contributed by atoms with Crippen LogP contribution < -0.4 is 10.6 Å². The number of aromatic nitrogens is 3. The Kier molecular flexibility index (Phi) is 8.05. The van der Waals surface area contributed by atoms with Crippen molar-refractivity contribution >= 4 is 44.9 Å². The van der Waals surface area contributed by atoms with Crippen molar-refractivity contribution in [1.82, 2.24) is 19.9 Å². The first-order chi connectivity index (χ1) is 18.5. The Balaban J connectivity index is 1.27. The summed E-state index contributed by atoms with van der Waals surface area (Å²) in [5.41, 5.74) is 5.61. The highest BCUT2D eigenvalue weighted by molar-refractivity contribution is 9.10. The normalized spacial score (nSPS) is 11.9. The number of anilines is 1. The molecule has 0 fully saturated rings. The molecule has 2 N–H and O–H groups in total. The van der Waals surface area contributed by atoms with Crippen LogP contribution in [-0.2, 0) is 24.3 Å². The molecule has 0 saturated heterocycles. The van der Waals surface area contributed by atoms with Gasteiger partial charge >= 0.3 is 0 Å². The Bertz CT molecular complexity index is 1570. The zero-order valence-electron chi connectivity index (χ0n) is 20.9. The number of amides is 1. The quantitative estimate of drug-likeness (QED) is 0.196. The summed E-state index contributed by atoms with van der Waals surface area (Å²) in [5, 5.41) is 11.7. The number of hydrogen-bond donors (Lipinski definition) is 2. The molecule has 0 aliphatic carbocycles. The van der Waals surface area contributed by atoms with E-state index in [1.165, 1.54) is 0 Å². The SMILES string of the molecule is CC(Cc1ccccc1)C(=O)NCc1cccc(CNc2cc(-c3ccccc3Cl)nc3c(Br)cnn23)c1. The van der Waals surface area contributed by atoms with Gasteiger partial charge in [0.15, 0.2) is 5.65 Å². The number of benzene rings is 3. The smallest absolute Gasteiger partial charge is 0.223 e. The van der Waals surface area contributed by atoms with E-state index < -0.39 is 0 Å². The van der Waals surface area contributed by atoms with Crippen molar-refractivity contribution in [2.75, 3.05) is 5.32 Å². The summed E-state index contributed by atoms with van der Waals surface area (Å²) in [4.78, 5) is 17.4. The highest BCUT2D eigenvalue weighted by Gasteiger charge is 2.15. The lowest BCUT2D eigenvalue weighted by molar-refractivity contribution is -0.124. The van der Waals surface area contributed by atoms with Crippen molar-refractivity contribution in [3.8, 4) is 11.3 Å². The maximum absolute atomic E-state index is 12.7. The van der Waals surface area contributed by atoms with E-state index in [-0.39, 0.29) is 11.8 Å². The molecule has 0 aliphatic heterocycles. The molecular formula is C30H27BrClN5O. The number of nitrogens with one attached hydrogen (secondary N) is 2. The van der Waals surface area contributed by atoms with E-state index in [4.69, 9.17) is 16.6 Å². The van der Waals surface area contributed by atoms with Crippen LogP contribution in [0.2, 0.25) is 5.02 Å². The predicted molar refractivity (Wildman–Crippen MR) is 156 cm³/mol. The average molecular weight is 589 g/mol. The third-order valence-corrected chi connectivity index (χ3v) is 7.23. The second kappa shape index (κ2) is 11.8. The zero-order valence-corrected chi connectivity index (χ0v) is 23.2. The number of fused-ring (bicyclic) bond motifs is 1. The molecule has 0 aliphatic rings. The van der Waals surface area contributed by atoms with E-state index in [2.05, 4.69) is 55.9 Å². The average Bonchev–Trinajstić information content (AvgIpc) is 3.32. The molecule has 0 spiro atoms. The Morgan fingerprint density at radius 1 is 0.947 bits per heavy atom. The van der Waals surface area contributed by atoms with Crippen LogP contribution >= 0.6 is 27.5 Å². The highest BCUT2D eigenvalue weighted by Crippen LogP contribution is 2.30. The number of carbonyl (C=O) groups is 1. The minimum Gasteiger partial charge on any atom is -0.366 e. The summed E-state index contributed by atoms with van der Waals surface area (Å²) in [6.07, 6.45) is 2.45. The second-order valence-electron chi connectivity index (χ2n) is 9.22. The van der Waals surface area contributed by atoms with Crippen LogP contribution in [0.1, 0.15) is 23.6 Å². The molecule has 0 bridgehead atoms. The van der Waals surface area contributed by atoms with E-state index in [1.54, 1.807) is 10.7 Å². The fraction of sp³-hybridized carbons (Fsp3) is 0.167. The van der Waals surface area contributed by atoms with Crippen LogP contribution in [0, 0.1) is 5.92 Å². The molecule has 5 aromatic rings. The topological polar surface area (TPSA) is 71.3 Å². The Morgan fingerprint density at radius 2 is 1.66 bits per heavy atom. The predicted octanol–water partition coefficient (Wildman–Crippen LogP) is 6.92. The van der Waals surface area contributed by atoms with Gasteiger partial charge in [-0.3, -0.25) is 4.79 Å². The van der Waals surface area contributed by atoms with E-state index in [0.717, 1.165) is 44.7 Å². The molecule has 8 heteroatoms. The Labute approximate surface area is 235 Å². The third kappa shape index (κ3) is 6.06. The van der Waals surface area contributed by atoms with Gasteiger partial charge in [0.25, 0.3) is 0 Å². The van der Waals surface area contributed by atoms with Gasteiger partial charge in [0, 0.05) is 35.7 Å². The van der Waals surface area contributed by atoms with Gasteiger partial charge in [-0.25, -0.2) is 4.98 Å². The zero-order chi connectivity index (χ0) is 26.5. The van der Waals surface area contributed by atoms with E-state index in [9.17, 15) is 4.79 Å². The molecule has 38 heavy (non-hydrogen) atoms. The number of carbonyl (C=O) groups excluding carboxylic acids is 1. The largest absolute Gasteiger partial charge is 0.366 e. The molecule has 192 valence electrons. The monoisotopic (exact) mass is 587 g/mol. The number of hydrogen-bond acceptors (Lipinski definition) is 4. The molecule has 2 aromatic heterocycles. The lowest BCUT2D eigenvalue weighted by atomic mass is 10.0. The van der Waals surface area contributed by atoms with Crippen molar-refractivity contribution in [1.29, 1.82) is 0 Å². The lowest BCUT2D eigenvalue weighted by Crippen LogP contribution is -2.29. The van der Waals surface area contributed by atoms with Gasteiger partial charge in [0.1, 0.15) is 5.82 Å². The van der Waals surface area contributed by atoms with Gasteiger partial charge in [-0.05, 0) is 45.1 Å². The number of rotatable bonds is 9. The van der Waals surface area contributed by atoms with E-state index >= 15 is 0 Å². The molecule has 0 radical (unpaired) electrons. The molecule has 3 aromatic carbocycles. The summed E-state index contributed by atoms with van der Waals surface area (Å²) < 4.78 is 2.57. The van der Waals surface area contributed by atoms with E-state index in [0.29, 0.717) is 23.8 Å². The minimum atomic E-state index is -0.0999. The molecule has 1 atom stereocenters. The summed E-state index contributed by atoms with van der Waals surface area (Å²) in [5.74, 6) is 0.744. The van der Waals surface area contributed by atoms with Crippen LogP contribution in [0.3, 0.4) is 0 Å². The summed E-state index contributed by atoms with van der Waals surface area (Å²) in [6, 6.07) is 27.9. The first-order valence-corrected chi connectivity index (χ1v) is 13.6. The van der Waals surface area contributed by atoms with Gasteiger partial charge in [-0.2, -0.15) is 9.61 Å². The molecule has 0 saturated carbocycles. The van der Waals surface area contributed by atoms with Gasteiger partial charge < -0.3 is 10.6 Å². The first kappa shape index (κ1) is 25.9. The fourth-order valence-electron chi connectivity index (χ4n) is 4.33. The highest BCUT2D eigenvalue weighted by atomic mass is 79.9. The number of nitrogens with zero attached hydrogens (tertiary/aromatic N) is 3. The summed E-state index contributed by atoms with van der Waals surface area (Å²) in [6.45, 7) is 3.02. The standard InChI is InChI=1S/C30H27BrClN5O/c1-20(14-21-8-3-2-4-9-21)30(38)34-18-23-11-7-10-22(15-23)17-33-28-16-27(24-12-5-6-13-26(24)32)36-29-25(31)19-35-37(28)29/h2-13,15-16,19-20,33H,14,17-18H2,1H3,(H,34,38). The molecule has 1 unspecified atom stereocenters. The van der Waals surface area contributed by atoms with Crippen LogP contribution in [0.5, 0.6) is 0 Å². The van der Waals surface area contributed by atoms with Gasteiger partial charge in [0.2, 0.25) is 5.91 Å². The molecule has 5 rings (SSSR count). The maximum atomic E-state index is 12.7. The van der Waals surface area contributed by atoms with Gasteiger partial charge in [0.05, 0.1) is 16.4 Å². The fourth-order valence-corrected chi connectivity index (χ4v) is 4.92. The Morgan fingerprint density at radius 3 is 2.45 bits per heavy atom. The minimum absolute atomic E-state index is 0.0490. The van der Waals surface area contributed by atoms with E-state index in [1.807, 2.05) is 67.6 Å². The van der Waals surface area contributed by atoms with Gasteiger partial charge in [-0.15, -0.1) is 0 Å².